The molecular formula is C12H14N4OS. The van der Waals surface area contributed by atoms with E-state index in [9.17, 15) is 4.79 Å². The number of nitrogens with two attached hydrogens (primary N) is 1. The van der Waals surface area contributed by atoms with Crippen LogP contribution in [-0.4, -0.2) is 40.7 Å². The van der Waals surface area contributed by atoms with Crippen LogP contribution in [0.4, 0.5) is 5.69 Å². The third-order valence-corrected chi connectivity index (χ3v) is 4.14. The Balaban J connectivity index is 1.98. The molecule has 1 atom stereocenters. The number of thioether (sulfide) groups is 1. The molecule has 0 saturated carbocycles. The minimum Gasteiger partial charge on any atom is -0.399 e. The Morgan fingerprint density at radius 3 is 3.22 bits per heavy atom. The Morgan fingerprint density at radius 1 is 1.50 bits per heavy atom. The molecular weight excluding hydrogens is 248 g/mol. The summed E-state index contributed by atoms with van der Waals surface area (Å²) in [5, 5.41) is 4.18. The molecule has 2 heterocycles. The number of carbonyl (C=O) groups is 1. The molecule has 1 aromatic carbocycles. The van der Waals surface area contributed by atoms with Gasteiger partial charge in [0.2, 0.25) is 0 Å². The van der Waals surface area contributed by atoms with Crippen molar-refractivity contribution in [1.82, 2.24) is 10.3 Å². The van der Waals surface area contributed by atoms with Crippen LogP contribution in [0.3, 0.4) is 0 Å². The molecule has 5 nitrogen and oxygen atoms in total. The first-order chi connectivity index (χ1) is 8.75. The standard InChI is InChI=1S/C12H14N4OS/c13-9-3-1-2-8(6-9)11-14-15-12(17)10-7-18-5-4-16(10)11/h1-3,6,10H,4-5,7,13H2,(H,15,17)/t10-/m0/s1. The van der Waals surface area contributed by atoms with Gasteiger partial charge >= 0.3 is 0 Å². The zero-order chi connectivity index (χ0) is 12.5. The van der Waals surface area contributed by atoms with Gasteiger partial charge in [0.15, 0.2) is 5.84 Å². The second kappa shape index (κ2) is 4.53. The first kappa shape index (κ1) is 11.4. The summed E-state index contributed by atoms with van der Waals surface area (Å²) in [6.07, 6.45) is 0. The van der Waals surface area contributed by atoms with E-state index in [0.29, 0.717) is 5.69 Å². The fourth-order valence-electron chi connectivity index (χ4n) is 2.23. The van der Waals surface area contributed by atoms with Crippen LogP contribution in [0.5, 0.6) is 0 Å². The highest BCUT2D eigenvalue weighted by molar-refractivity contribution is 7.99. The number of hydrazone groups is 1. The predicted octanol–water partition coefficient (Wildman–Crippen LogP) is 0.478. The van der Waals surface area contributed by atoms with Crippen molar-refractivity contribution in [1.29, 1.82) is 0 Å². The smallest absolute Gasteiger partial charge is 0.263 e. The van der Waals surface area contributed by atoms with E-state index in [1.807, 2.05) is 24.3 Å². The average Bonchev–Trinajstić information content (AvgIpc) is 2.39. The second-order valence-electron chi connectivity index (χ2n) is 4.32. The van der Waals surface area contributed by atoms with Gasteiger partial charge < -0.3 is 10.6 Å². The number of benzene rings is 1. The molecule has 0 radical (unpaired) electrons. The predicted molar refractivity (Wildman–Crippen MR) is 73.4 cm³/mol. The van der Waals surface area contributed by atoms with Crippen molar-refractivity contribution in [3.8, 4) is 0 Å². The van der Waals surface area contributed by atoms with E-state index in [2.05, 4.69) is 15.4 Å². The number of rotatable bonds is 1. The molecule has 1 fully saturated rings. The molecule has 0 aromatic heterocycles. The normalized spacial score (nSPS) is 23.1. The fourth-order valence-corrected chi connectivity index (χ4v) is 3.28. The largest absolute Gasteiger partial charge is 0.399 e. The molecule has 0 unspecified atom stereocenters. The van der Waals surface area contributed by atoms with E-state index in [1.54, 1.807) is 11.8 Å². The maximum atomic E-state index is 11.8. The molecule has 1 aromatic rings. The van der Waals surface area contributed by atoms with Crippen molar-refractivity contribution in [3.63, 3.8) is 0 Å². The number of nitrogens with zero attached hydrogens (tertiary/aromatic N) is 2. The maximum absolute atomic E-state index is 11.8. The van der Waals surface area contributed by atoms with Crippen LogP contribution in [0.15, 0.2) is 29.4 Å². The van der Waals surface area contributed by atoms with Gasteiger partial charge in [-0.1, -0.05) is 12.1 Å². The van der Waals surface area contributed by atoms with E-state index >= 15 is 0 Å². The van der Waals surface area contributed by atoms with Crippen LogP contribution in [0, 0.1) is 0 Å². The van der Waals surface area contributed by atoms with E-state index in [0.717, 1.165) is 29.4 Å². The first-order valence-electron chi connectivity index (χ1n) is 5.83. The summed E-state index contributed by atoms with van der Waals surface area (Å²) < 4.78 is 0. The van der Waals surface area contributed by atoms with Crippen LogP contribution >= 0.6 is 11.8 Å². The number of amides is 1. The van der Waals surface area contributed by atoms with Gasteiger partial charge in [0.05, 0.1) is 0 Å². The van der Waals surface area contributed by atoms with Crippen molar-refractivity contribution in [2.24, 2.45) is 5.10 Å². The molecule has 18 heavy (non-hydrogen) atoms. The summed E-state index contributed by atoms with van der Waals surface area (Å²) in [7, 11) is 0. The van der Waals surface area contributed by atoms with Crippen molar-refractivity contribution >= 4 is 29.2 Å². The number of anilines is 1. The molecule has 94 valence electrons. The van der Waals surface area contributed by atoms with Crippen molar-refractivity contribution < 1.29 is 4.79 Å². The van der Waals surface area contributed by atoms with Gasteiger partial charge in [-0.3, -0.25) is 4.79 Å². The number of fused-ring (bicyclic) bond motifs is 1. The Bertz CT molecular complexity index is 517. The van der Waals surface area contributed by atoms with Gasteiger partial charge in [-0.05, 0) is 12.1 Å². The van der Waals surface area contributed by atoms with Crippen LogP contribution in [0.25, 0.3) is 0 Å². The lowest BCUT2D eigenvalue weighted by molar-refractivity contribution is -0.125. The Labute approximate surface area is 109 Å². The molecule has 3 rings (SSSR count). The van der Waals surface area contributed by atoms with E-state index < -0.39 is 0 Å². The summed E-state index contributed by atoms with van der Waals surface area (Å²) in [6, 6.07) is 7.48. The molecule has 2 aliphatic heterocycles. The van der Waals surface area contributed by atoms with Gasteiger partial charge in [0, 0.05) is 29.3 Å². The maximum Gasteiger partial charge on any atom is 0.263 e. The summed E-state index contributed by atoms with van der Waals surface area (Å²) in [5.41, 5.74) is 10.1. The number of nitrogen functional groups attached to an aromatic ring is 1. The van der Waals surface area contributed by atoms with Crippen molar-refractivity contribution in [3.05, 3.63) is 29.8 Å². The molecule has 2 aliphatic rings. The minimum absolute atomic E-state index is 0.0187. The highest BCUT2D eigenvalue weighted by atomic mass is 32.2. The third kappa shape index (κ3) is 1.92. The zero-order valence-electron chi connectivity index (χ0n) is 9.80. The third-order valence-electron chi connectivity index (χ3n) is 3.12. The second-order valence-corrected chi connectivity index (χ2v) is 5.47. The molecule has 0 spiro atoms. The van der Waals surface area contributed by atoms with Crippen LogP contribution in [-0.2, 0) is 4.79 Å². The van der Waals surface area contributed by atoms with E-state index in [1.165, 1.54) is 0 Å². The van der Waals surface area contributed by atoms with Gasteiger partial charge in [-0.25, -0.2) is 5.43 Å². The topological polar surface area (TPSA) is 70.7 Å². The number of hydrogen-bond donors (Lipinski definition) is 2. The van der Waals surface area contributed by atoms with E-state index in [4.69, 9.17) is 5.73 Å². The molecule has 1 amide bonds. The number of hydrogen-bond acceptors (Lipinski definition) is 5. The Hall–Kier alpha value is -1.69. The lowest BCUT2D eigenvalue weighted by atomic mass is 10.1. The molecule has 0 bridgehead atoms. The van der Waals surface area contributed by atoms with E-state index in [-0.39, 0.29) is 11.9 Å². The summed E-state index contributed by atoms with van der Waals surface area (Å²) in [6.45, 7) is 0.844. The average molecular weight is 262 g/mol. The first-order valence-corrected chi connectivity index (χ1v) is 6.99. The Kier molecular flexibility index (Phi) is 2.87. The number of amidine groups is 1. The Morgan fingerprint density at radius 2 is 2.39 bits per heavy atom. The highest BCUT2D eigenvalue weighted by Gasteiger charge is 2.35. The van der Waals surface area contributed by atoms with Crippen molar-refractivity contribution in [2.45, 2.75) is 6.04 Å². The fraction of sp³-hybridized carbons (Fsp3) is 0.333. The quantitative estimate of drug-likeness (QED) is 0.722. The van der Waals surface area contributed by atoms with Crippen LogP contribution in [0.2, 0.25) is 0 Å². The van der Waals surface area contributed by atoms with Crippen molar-refractivity contribution in [2.75, 3.05) is 23.8 Å². The summed E-state index contributed by atoms with van der Waals surface area (Å²) in [5.74, 6) is 2.63. The molecule has 3 N–H and O–H groups in total. The van der Waals surface area contributed by atoms with Crippen LogP contribution < -0.4 is 11.2 Å². The zero-order valence-corrected chi connectivity index (χ0v) is 10.6. The highest BCUT2D eigenvalue weighted by Crippen LogP contribution is 2.22. The minimum atomic E-state index is -0.113. The van der Waals surface area contributed by atoms with Crippen LogP contribution in [0.1, 0.15) is 5.56 Å². The lowest BCUT2D eigenvalue weighted by Crippen LogP contribution is -2.57. The molecule has 6 heteroatoms. The monoisotopic (exact) mass is 262 g/mol. The van der Waals surface area contributed by atoms with Gasteiger partial charge in [0.1, 0.15) is 6.04 Å². The summed E-state index contributed by atoms with van der Waals surface area (Å²) in [4.78, 5) is 13.8. The number of carbonyl (C=O) groups excluding carboxylic acids is 1. The van der Waals surface area contributed by atoms with Gasteiger partial charge in [-0.15, -0.1) is 0 Å². The summed E-state index contributed by atoms with van der Waals surface area (Å²) >= 11 is 1.80. The van der Waals surface area contributed by atoms with Gasteiger partial charge in [0.25, 0.3) is 5.91 Å². The molecule has 1 saturated heterocycles. The SMILES string of the molecule is Nc1cccc(C2=NNC(=O)[C@@H]3CSCCN23)c1. The van der Waals surface area contributed by atoms with Gasteiger partial charge in [-0.2, -0.15) is 16.9 Å². The number of nitrogens with one attached hydrogen (secondary N) is 1. The molecule has 0 aliphatic carbocycles. The lowest BCUT2D eigenvalue weighted by Gasteiger charge is -2.38.